The van der Waals surface area contributed by atoms with Gasteiger partial charge in [0.2, 0.25) is 10.0 Å². The van der Waals surface area contributed by atoms with Crippen molar-refractivity contribution in [2.75, 3.05) is 6.54 Å². The number of nitrogens with two attached hydrogens (primary N) is 1. The smallest absolute Gasteiger partial charge is 0.242 e. The van der Waals surface area contributed by atoms with Gasteiger partial charge in [0.25, 0.3) is 0 Å². The first-order valence-corrected chi connectivity index (χ1v) is 8.85. The highest BCUT2D eigenvalue weighted by molar-refractivity contribution is 9.11. The molecule has 0 aliphatic rings. The molecule has 1 heterocycles. The van der Waals surface area contributed by atoms with E-state index in [0.29, 0.717) is 28.7 Å². The van der Waals surface area contributed by atoms with Crippen molar-refractivity contribution in [2.24, 2.45) is 17.6 Å². The monoisotopic (exact) mass is 354 g/mol. The molecule has 0 bridgehead atoms. The zero-order valence-corrected chi connectivity index (χ0v) is 14.0. The van der Waals surface area contributed by atoms with Crippen molar-refractivity contribution < 1.29 is 8.42 Å². The third-order valence-corrected chi connectivity index (χ3v) is 6.63. The van der Waals surface area contributed by atoms with Crippen molar-refractivity contribution in [3.05, 3.63) is 14.7 Å². The van der Waals surface area contributed by atoms with Crippen molar-refractivity contribution >= 4 is 37.3 Å². The molecule has 18 heavy (non-hydrogen) atoms. The topological polar surface area (TPSA) is 72.2 Å². The molecule has 104 valence electrons. The number of hydrogen-bond donors (Lipinski definition) is 2. The summed E-state index contributed by atoms with van der Waals surface area (Å²) >= 11 is 4.63. The largest absolute Gasteiger partial charge is 0.326 e. The number of hydrogen-bond acceptors (Lipinski definition) is 4. The van der Waals surface area contributed by atoms with Gasteiger partial charge in [0.1, 0.15) is 4.90 Å². The molecule has 0 fully saturated rings. The molecule has 3 N–H and O–H groups in total. The fraction of sp³-hybridized carbons (Fsp3) is 0.636. The van der Waals surface area contributed by atoms with Crippen molar-refractivity contribution in [3.8, 4) is 0 Å². The Bertz CT molecular complexity index is 497. The second-order valence-electron chi connectivity index (χ2n) is 4.63. The molecular formula is C11H19BrN2O2S2. The summed E-state index contributed by atoms with van der Waals surface area (Å²) in [6.07, 6.45) is 0. The van der Waals surface area contributed by atoms with Gasteiger partial charge in [-0.1, -0.05) is 20.8 Å². The van der Waals surface area contributed by atoms with E-state index >= 15 is 0 Å². The lowest BCUT2D eigenvalue weighted by Crippen LogP contribution is -2.30. The molecule has 0 saturated heterocycles. The van der Waals surface area contributed by atoms with Gasteiger partial charge in [-0.25, -0.2) is 13.1 Å². The average Bonchev–Trinajstić information content (AvgIpc) is 2.68. The fourth-order valence-corrected chi connectivity index (χ4v) is 4.94. The molecular weight excluding hydrogens is 336 g/mol. The lowest BCUT2D eigenvalue weighted by atomic mass is 9.99. The molecule has 0 amide bonds. The summed E-state index contributed by atoms with van der Waals surface area (Å²) in [4.78, 5) is 1.13. The minimum Gasteiger partial charge on any atom is -0.326 e. The van der Waals surface area contributed by atoms with Gasteiger partial charge >= 0.3 is 0 Å². The summed E-state index contributed by atoms with van der Waals surface area (Å²) in [5, 5.41) is 0. The summed E-state index contributed by atoms with van der Waals surface area (Å²) in [7, 11) is -3.45. The second-order valence-corrected chi connectivity index (χ2v) is 8.82. The molecule has 1 aromatic heterocycles. The zero-order valence-electron chi connectivity index (χ0n) is 10.7. The second kappa shape index (κ2) is 6.47. The van der Waals surface area contributed by atoms with E-state index in [1.54, 1.807) is 6.07 Å². The third-order valence-electron chi connectivity index (χ3n) is 2.93. The van der Waals surface area contributed by atoms with Crippen LogP contribution < -0.4 is 10.5 Å². The number of sulfonamides is 1. The van der Waals surface area contributed by atoms with Crippen LogP contribution in [0.5, 0.6) is 0 Å². The highest BCUT2D eigenvalue weighted by atomic mass is 79.9. The lowest BCUT2D eigenvalue weighted by Gasteiger charge is -2.15. The Kier molecular flexibility index (Phi) is 5.79. The van der Waals surface area contributed by atoms with Crippen LogP contribution in [0.4, 0.5) is 0 Å². The van der Waals surface area contributed by atoms with Crippen molar-refractivity contribution in [2.45, 2.75) is 32.2 Å². The summed E-state index contributed by atoms with van der Waals surface area (Å²) in [6, 6.07) is 1.62. The Balaban J connectivity index is 2.83. The molecule has 1 atom stereocenters. The van der Waals surface area contributed by atoms with E-state index in [9.17, 15) is 8.42 Å². The van der Waals surface area contributed by atoms with Crippen LogP contribution in [0.3, 0.4) is 0 Å². The van der Waals surface area contributed by atoms with Crippen LogP contribution in [0.25, 0.3) is 0 Å². The van der Waals surface area contributed by atoms with E-state index in [1.807, 2.05) is 6.92 Å². The lowest BCUT2D eigenvalue weighted by molar-refractivity contribution is 0.414. The summed E-state index contributed by atoms with van der Waals surface area (Å²) in [6.45, 7) is 6.97. The van der Waals surface area contributed by atoms with Crippen LogP contribution in [-0.4, -0.2) is 15.0 Å². The van der Waals surface area contributed by atoms with Crippen LogP contribution in [0.2, 0.25) is 0 Å². The van der Waals surface area contributed by atoms with Crippen LogP contribution in [0.1, 0.15) is 25.6 Å². The van der Waals surface area contributed by atoms with Crippen LogP contribution in [0.15, 0.2) is 14.7 Å². The first-order valence-electron chi connectivity index (χ1n) is 5.76. The van der Waals surface area contributed by atoms with Gasteiger partial charge in [-0.3, -0.25) is 0 Å². The standard InChI is InChI=1S/C11H19BrN2O2S2/c1-7(2)8(3)6-14-18(15,16)10-4-9(5-13)17-11(10)12/h4,7-8,14H,5-6,13H2,1-3H3. The molecule has 0 radical (unpaired) electrons. The molecule has 1 aromatic rings. The highest BCUT2D eigenvalue weighted by Crippen LogP contribution is 2.31. The molecule has 1 unspecified atom stereocenters. The van der Waals surface area contributed by atoms with Crippen molar-refractivity contribution in [1.82, 2.24) is 4.72 Å². The summed E-state index contributed by atoms with van der Waals surface area (Å²) in [5.74, 6) is 0.740. The van der Waals surface area contributed by atoms with E-state index in [-0.39, 0.29) is 4.90 Å². The maximum Gasteiger partial charge on any atom is 0.242 e. The minimum atomic E-state index is -3.45. The quantitative estimate of drug-likeness (QED) is 0.824. The van der Waals surface area contributed by atoms with E-state index < -0.39 is 10.0 Å². The van der Waals surface area contributed by atoms with Gasteiger partial charge in [-0.15, -0.1) is 11.3 Å². The minimum absolute atomic E-state index is 0.281. The maximum absolute atomic E-state index is 12.1. The third kappa shape index (κ3) is 4.03. The summed E-state index contributed by atoms with van der Waals surface area (Å²) in [5.41, 5.74) is 5.51. The van der Waals surface area contributed by atoms with E-state index in [4.69, 9.17) is 5.73 Å². The SMILES string of the molecule is CC(C)C(C)CNS(=O)(=O)c1cc(CN)sc1Br. The van der Waals surface area contributed by atoms with Gasteiger partial charge < -0.3 is 5.73 Å². The van der Waals surface area contributed by atoms with Crippen molar-refractivity contribution in [3.63, 3.8) is 0 Å². The average molecular weight is 355 g/mol. The molecule has 0 aromatic carbocycles. The van der Waals surface area contributed by atoms with Crippen molar-refractivity contribution in [1.29, 1.82) is 0 Å². The predicted molar refractivity (Wildman–Crippen MR) is 79.1 cm³/mol. The van der Waals surface area contributed by atoms with E-state index in [2.05, 4.69) is 34.5 Å². The number of thiophene rings is 1. The molecule has 0 saturated carbocycles. The fourth-order valence-electron chi connectivity index (χ4n) is 1.24. The van der Waals surface area contributed by atoms with Gasteiger partial charge in [0, 0.05) is 18.0 Å². The number of rotatable bonds is 6. The van der Waals surface area contributed by atoms with Crippen LogP contribution in [-0.2, 0) is 16.6 Å². The number of halogens is 1. The zero-order chi connectivity index (χ0) is 13.9. The Hall–Kier alpha value is 0.0500. The first kappa shape index (κ1) is 16.1. The molecule has 0 aliphatic carbocycles. The highest BCUT2D eigenvalue weighted by Gasteiger charge is 2.21. The molecule has 7 heteroatoms. The van der Waals surface area contributed by atoms with Gasteiger partial charge in [-0.05, 0) is 33.8 Å². The van der Waals surface area contributed by atoms with Crippen LogP contribution >= 0.6 is 27.3 Å². The molecule has 0 spiro atoms. The number of nitrogens with one attached hydrogen (secondary N) is 1. The Labute approximate surface area is 121 Å². The van der Waals surface area contributed by atoms with Gasteiger partial charge in [-0.2, -0.15) is 0 Å². The Morgan fingerprint density at radius 1 is 1.44 bits per heavy atom. The molecule has 4 nitrogen and oxygen atoms in total. The van der Waals surface area contributed by atoms with Gasteiger partial charge in [0.15, 0.2) is 0 Å². The predicted octanol–water partition coefficient (Wildman–Crippen LogP) is 2.54. The molecule has 0 aliphatic heterocycles. The van der Waals surface area contributed by atoms with E-state index in [0.717, 1.165) is 4.88 Å². The maximum atomic E-state index is 12.1. The normalized spacial score (nSPS) is 14.1. The summed E-state index contributed by atoms with van der Waals surface area (Å²) < 4.78 is 27.5. The Morgan fingerprint density at radius 2 is 2.06 bits per heavy atom. The first-order chi connectivity index (χ1) is 8.27. The van der Waals surface area contributed by atoms with E-state index in [1.165, 1.54) is 11.3 Å². The van der Waals surface area contributed by atoms with Gasteiger partial charge in [0.05, 0.1) is 3.79 Å². The Morgan fingerprint density at radius 3 is 2.50 bits per heavy atom. The van der Waals surface area contributed by atoms with Crippen LogP contribution in [0, 0.1) is 11.8 Å². The molecule has 1 rings (SSSR count).